The molecule has 1 saturated heterocycles. The fourth-order valence-electron chi connectivity index (χ4n) is 1.21. The lowest BCUT2D eigenvalue weighted by atomic mass is 9.93. The molecular weight excluding hydrogens is 169 g/mol. The Morgan fingerprint density at radius 2 is 1.70 bits per heavy atom. The van der Waals surface area contributed by atoms with Crippen LogP contribution in [0.25, 0.3) is 0 Å². The number of hydrogen-bond donors (Lipinski definition) is 1. The van der Waals surface area contributed by atoms with Gasteiger partial charge in [-0.15, -0.1) is 24.8 Å². The van der Waals surface area contributed by atoms with E-state index in [-0.39, 0.29) is 24.8 Å². The molecule has 0 atom stereocenters. The molecule has 1 aliphatic heterocycles. The smallest absolute Gasteiger partial charge is 0.0125 e. The molecule has 0 unspecified atom stereocenters. The molecule has 0 spiro atoms. The summed E-state index contributed by atoms with van der Waals surface area (Å²) in [6.07, 6.45) is 4.11. The number of rotatable bonds is 0. The van der Waals surface area contributed by atoms with E-state index in [1.165, 1.54) is 25.8 Å². The fraction of sp³-hybridized carbons (Fsp3) is 1.00. The zero-order valence-corrected chi connectivity index (χ0v) is 8.28. The molecule has 0 amide bonds. The van der Waals surface area contributed by atoms with Crippen LogP contribution in [-0.4, -0.2) is 12.1 Å². The summed E-state index contributed by atoms with van der Waals surface area (Å²) in [4.78, 5) is 0. The third-order valence-corrected chi connectivity index (χ3v) is 1.83. The Kier molecular flexibility index (Phi) is 6.87. The summed E-state index contributed by atoms with van der Waals surface area (Å²) in [5, 5.41) is 3.46. The lowest BCUT2D eigenvalue weighted by Gasteiger charge is -2.30. The SMILES string of the molecule is CC1(C)CCCCN1.Cl.Cl. The summed E-state index contributed by atoms with van der Waals surface area (Å²) >= 11 is 0. The highest BCUT2D eigenvalue weighted by Gasteiger charge is 2.18. The van der Waals surface area contributed by atoms with E-state index in [0.29, 0.717) is 5.54 Å². The number of nitrogens with one attached hydrogen (secondary N) is 1. The van der Waals surface area contributed by atoms with Crippen LogP contribution in [0.4, 0.5) is 0 Å². The van der Waals surface area contributed by atoms with Crippen LogP contribution in [0.1, 0.15) is 33.1 Å². The third kappa shape index (κ3) is 4.37. The standard InChI is InChI=1S/C7H15N.2ClH/c1-7(2)5-3-4-6-8-7;;/h8H,3-6H2,1-2H3;2*1H. The molecular formula is C7H17Cl2N. The quantitative estimate of drug-likeness (QED) is 0.612. The largest absolute Gasteiger partial charge is 0.312 e. The van der Waals surface area contributed by atoms with Crippen molar-refractivity contribution in [3.63, 3.8) is 0 Å². The summed E-state index contributed by atoms with van der Waals surface area (Å²) in [7, 11) is 0. The first-order valence-corrected chi connectivity index (χ1v) is 3.46. The van der Waals surface area contributed by atoms with Gasteiger partial charge in [0.1, 0.15) is 0 Å². The molecule has 10 heavy (non-hydrogen) atoms. The monoisotopic (exact) mass is 185 g/mol. The van der Waals surface area contributed by atoms with Crippen molar-refractivity contribution in [1.82, 2.24) is 5.32 Å². The maximum absolute atomic E-state index is 3.46. The van der Waals surface area contributed by atoms with Gasteiger partial charge in [0.15, 0.2) is 0 Å². The van der Waals surface area contributed by atoms with Gasteiger partial charge < -0.3 is 5.32 Å². The van der Waals surface area contributed by atoms with Gasteiger partial charge in [-0.05, 0) is 33.2 Å². The number of halogens is 2. The molecule has 1 fully saturated rings. The van der Waals surface area contributed by atoms with Crippen molar-refractivity contribution in [3.05, 3.63) is 0 Å². The molecule has 0 aromatic heterocycles. The van der Waals surface area contributed by atoms with Gasteiger partial charge in [-0.3, -0.25) is 0 Å². The van der Waals surface area contributed by atoms with Crippen LogP contribution in [0.2, 0.25) is 0 Å². The van der Waals surface area contributed by atoms with Crippen LogP contribution in [0.3, 0.4) is 0 Å². The van der Waals surface area contributed by atoms with Crippen molar-refractivity contribution >= 4 is 24.8 Å². The molecule has 1 aliphatic rings. The first-order chi connectivity index (χ1) is 3.71. The highest BCUT2D eigenvalue weighted by molar-refractivity contribution is 5.85. The van der Waals surface area contributed by atoms with Gasteiger partial charge in [0.05, 0.1) is 0 Å². The number of hydrogen-bond acceptors (Lipinski definition) is 1. The van der Waals surface area contributed by atoms with Crippen molar-refractivity contribution in [2.75, 3.05) is 6.54 Å². The van der Waals surface area contributed by atoms with E-state index in [9.17, 15) is 0 Å². The van der Waals surface area contributed by atoms with Gasteiger partial charge in [-0.2, -0.15) is 0 Å². The van der Waals surface area contributed by atoms with E-state index >= 15 is 0 Å². The van der Waals surface area contributed by atoms with Gasteiger partial charge in [0, 0.05) is 5.54 Å². The lowest BCUT2D eigenvalue weighted by molar-refractivity contribution is 0.304. The Bertz CT molecular complexity index is 75.7. The molecule has 1 rings (SSSR count). The minimum atomic E-state index is 0. The molecule has 1 heterocycles. The Labute approximate surface area is 75.8 Å². The Morgan fingerprint density at radius 1 is 1.10 bits per heavy atom. The molecule has 3 heteroatoms. The van der Waals surface area contributed by atoms with E-state index in [1.54, 1.807) is 0 Å². The van der Waals surface area contributed by atoms with E-state index < -0.39 is 0 Å². The molecule has 0 radical (unpaired) electrons. The van der Waals surface area contributed by atoms with Gasteiger partial charge >= 0.3 is 0 Å². The lowest BCUT2D eigenvalue weighted by Crippen LogP contribution is -2.42. The van der Waals surface area contributed by atoms with Gasteiger partial charge in [-0.25, -0.2) is 0 Å². The first-order valence-electron chi connectivity index (χ1n) is 3.46. The summed E-state index contributed by atoms with van der Waals surface area (Å²) in [6, 6.07) is 0. The molecule has 1 nitrogen and oxygen atoms in total. The minimum absolute atomic E-state index is 0. The van der Waals surface area contributed by atoms with Gasteiger partial charge in [-0.1, -0.05) is 6.42 Å². The Hall–Kier alpha value is 0.540. The summed E-state index contributed by atoms with van der Waals surface area (Å²) in [6.45, 7) is 5.76. The average Bonchev–Trinajstić information content (AvgIpc) is 1.65. The van der Waals surface area contributed by atoms with Crippen molar-refractivity contribution in [1.29, 1.82) is 0 Å². The molecule has 0 aromatic rings. The van der Waals surface area contributed by atoms with E-state index in [2.05, 4.69) is 19.2 Å². The summed E-state index contributed by atoms with van der Waals surface area (Å²) < 4.78 is 0. The second-order valence-electron chi connectivity index (χ2n) is 3.27. The van der Waals surface area contributed by atoms with Gasteiger partial charge in [0.25, 0.3) is 0 Å². The Balaban J connectivity index is 0. The van der Waals surface area contributed by atoms with E-state index in [4.69, 9.17) is 0 Å². The Morgan fingerprint density at radius 3 is 1.90 bits per heavy atom. The minimum Gasteiger partial charge on any atom is -0.312 e. The number of piperidine rings is 1. The normalized spacial score (nSPS) is 22.2. The molecule has 0 aliphatic carbocycles. The summed E-state index contributed by atoms with van der Waals surface area (Å²) in [5.74, 6) is 0. The van der Waals surface area contributed by atoms with Crippen molar-refractivity contribution < 1.29 is 0 Å². The first kappa shape index (κ1) is 13.2. The van der Waals surface area contributed by atoms with Crippen LogP contribution in [0.5, 0.6) is 0 Å². The molecule has 0 aromatic carbocycles. The highest BCUT2D eigenvalue weighted by atomic mass is 35.5. The second kappa shape index (κ2) is 5.22. The van der Waals surface area contributed by atoms with E-state index in [0.717, 1.165) is 0 Å². The maximum atomic E-state index is 3.46. The zero-order valence-electron chi connectivity index (χ0n) is 6.64. The second-order valence-corrected chi connectivity index (χ2v) is 3.27. The molecule has 1 N–H and O–H groups in total. The van der Waals surface area contributed by atoms with Crippen LogP contribution in [0, 0.1) is 0 Å². The fourth-order valence-corrected chi connectivity index (χ4v) is 1.21. The van der Waals surface area contributed by atoms with Crippen LogP contribution in [0.15, 0.2) is 0 Å². The topological polar surface area (TPSA) is 12.0 Å². The zero-order chi connectivity index (χ0) is 6.04. The van der Waals surface area contributed by atoms with Crippen molar-refractivity contribution in [2.24, 2.45) is 0 Å². The van der Waals surface area contributed by atoms with Gasteiger partial charge in [0.2, 0.25) is 0 Å². The molecule has 0 saturated carbocycles. The van der Waals surface area contributed by atoms with Crippen LogP contribution < -0.4 is 5.32 Å². The predicted octanol–water partition coefficient (Wildman–Crippen LogP) is 2.38. The van der Waals surface area contributed by atoms with Crippen LogP contribution in [-0.2, 0) is 0 Å². The van der Waals surface area contributed by atoms with Crippen molar-refractivity contribution in [3.8, 4) is 0 Å². The predicted molar refractivity (Wildman–Crippen MR) is 50.4 cm³/mol. The van der Waals surface area contributed by atoms with E-state index in [1.807, 2.05) is 0 Å². The molecule has 64 valence electrons. The molecule has 0 bridgehead atoms. The maximum Gasteiger partial charge on any atom is 0.0125 e. The third-order valence-electron chi connectivity index (χ3n) is 1.83. The van der Waals surface area contributed by atoms with Crippen LogP contribution >= 0.6 is 24.8 Å². The highest BCUT2D eigenvalue weighted by Crippen LogP contribution is 2.16. The van der Waals surface area contributed by atoms with Crippen molar-refractivity contribution in [2.45, 2.75) is 38.6 Å². The average molecular weight is 186 g/mol. The summed E-state index contributed by atoms with van der Waals surface area (Å²) in [5.41, 5.74) is 0.429.